The maximum Gasteiger partial charge on any atom is 0.231 e. The zero-order valence-corrected chi connectivity index (χ0v) is 16.5. The molecule has 1 aromatic heterocycles. The fraction of sp³-hybridized carbons (Fsp3) is 0.200. The van der Waals surface area contributed by atoms with Crippen LogP contribution in [0.25, 0.3) is 10.9 Å². The minimum atomic E-state index is 0.312. The Kier molecular flexibility index (Phi) is 4.70. The Labute approximate surface area is 170 Å². The molecule has 2 heterocycles. The molecule has 3 aromatic carbocycles. The molecule has 0 bridgehead atoms. The van der Waals surface area contributed by atoms with Crippen molar-refractivity contribution in [2.45, 2.75) is 26.6 Å². The van der Waals surface area contributed by atoms with Gasteiger partial charge >= 0.3 is 0 Å². The van der Waals surface area contributed by atoms with Crippen LogP contribution in [0.5, 0.6) is 11.5 Å². The third-order valence-electron chi connectivity index (χ3n) is 5.39. The van der Waals surface area contributed by atoms with Gasteiger partial charge in [0.25, 0.3) is 0 Å². The Hall–Kier alpha value is -3.24. The van der Waals surface area contributed by atoms with E-state index in [1.165, 1.54) is 33.2 Å². The summed E-state index contributed by atoms with van der Waals surface area (Å²) in [6, 6.07) is 23.5. The van der Waals surface area contributed by atoms with Gasteiger partial charge in [0.1, 0.15) is 0 Å². The molecule has 0 aliphatic carbocycles. The van der Waals surface area contributed by atoms with E-state index < -0.39 is 0 Å². The first kappa shape index (κ1) is 17.8. The van der Waals surface area contributed by atoms with E-state index in [9.17, 15) is 0 Å². The summed E-state index contributed by atoms with van der Waals surface area (Å²) in [5, 5.41) is 4.88. The van der Waals surface area contributed by atoms with Crippen molar-refractivity contribution in [3.63, 3.8) is 0 Å². The molecule has 0 unspecified atom stereocenters. The molecule has 0 saturated carbocycles. The van der Waals surface area contributed by atoms with Crippen LogP contribution in [0.15, 0.2) is 72.9 Å². The van der Waals surface area contributed by atoms with E-state index in [1.807, 2.05) is 6.07 Å². The van der Waals surface area contributed by atoms with Crippen molar-refractivity contribution in [1.82, 2.24) is 9.88 Å². The molecule has 0 saturated heterocycles. The Morgan fingerprint density at radius 3 is 2.69 bits per heavy atom. The smallest absolute Gasteiger partial charge is 0.231 e. The molecule has 1 N–H and O–H groups in total. The average Bonchev–Trinajstić information content (AvgIpc) is 3.33. The molecular formula is C25H24N2O2. The fourth-order valence-electron chi connectivity index (χ4n) is 3.99. The molecule has 146 valence electrons. The van der Waals surface area contributed by atoms with Gasteiger partial charge in [0, 0.05) is 36.7 Å². The van der Waals surface area contributed by atoms with Gasteiger partial charge in [-0.25, -0.2) is 0 Å². The fourth-order valence-corrected chi connectivity index (χ4v) is 3.99. The first-order valence-electron chi connectivity index (χ1n) is 9.98. The lowest BCUT2D eigenvalue weighted by atomic mass is 10.1. The third-order valence-corrected chi connectivity index (χ3v) is 5.39. The predicted octanol–water partition coefficient (Wildman–Crippen LogP) is 5.02. The first-order valence-corrected chi connectivity index (χ1v) is 9.98. The number of ether oxygens (including phenoxy) is 2. The van der Waals surface area contributed by atoms with Crippen molar-refractivity contribution in [3.8, 4) is 11.5 Å². The lowest BCUT2D eigenvalue weighted by molar-refractivity contribution is 0.174. The molecule has 4 heteroatoms. The molecule has 0 amide bonds. The number of aryl methyl sites for hydroxylation is 1. The van der Waals surface area contributed by atoms with Gasteiger partial charge in [-0.1, -0.05) is 54.1 Å². The minimum Gasteiger partial charge on any atom is -0.454 e. The second-order valence-electron chi connectivity index (χ2n) is 7.58. The average molecular weight is 384 g/mol. The van der Waals surface area contributed by atoms with Crippen LogP contribution in [0.1, 0.15) is 22.3 Å². The Morgan fingerprint density at radius 2 is 1.76 bits per heavy atom. The normalized spacial score (nSPS) is 12.6. The van der Waals surface area contributed by atoms with Crippen LogP contribution < -0.4 is 14.8 Å². The molecule has 1 aliphatic heterocycles. The van der Waals surface area contributed by atoms with E-state index in [-0.39, 0.29) is 0 Å². The van der Waals surface area contributed by atoms with Gasteiger partial charge in [0.2, 0.25) is 6.79 Å². The number of nitrogens with zero attached hydrogens (tertiary/aromatic N) is 1. The van der Waals surface area contributed by atoms with Gasteiger partial charge in [-0.15, -0.1) is 0 Å². The number of hydrogen-bond donors (Lipinski definition) is 1. The Balaban J connectivity index is 1.33. The summed E-state index contributed by atoms with van der Waals surface area (Å²) in [6.07, 6.45) is 2.28. The van der Waals surface area contributed by atoms with Crippen molar-refractivity contribution in [1.29, 1.82) is 0 Å². The summed E-state index contributed by atoms with van der Waals surface area (Å²) in [7, 11) is 0. The second kappa shape index (κ2) is 7.64. The highest BCUT2D eigenvalue weighted by Gasteiger charge is 2.13. The topological polar surface area (TPSA) is 35.4 Å². The number of hydrogen-bond acceptors (Lipinski definition) is 3. The third kappa shape index (κ3) is 3.71. The standard InChI is InChI=1S/C25H24N2O2/c1-18-5-4-6-20(11-18)15-27-16-21(22-7-2-3-8-23(22)27)14-26-13-19-9-10-24-25(12-19)29-17-28-24/h2-12,16,26H,13-15,17H2,1H3. The quantitative estimate of drug-likeness (QED) is 0.507. The summed E-state index contributed by atoms with van der Waals surface area (Å²) in [5.74, 6) is 1.66. The Bertz CT molecular complexity index is 1160. The summed E-state index contributed by atoms with van der Waals surface area (Å²) in [6.45, 7) is 4.93. The SMILES string of the molecule is Cc1cccc(Cn2cc(CNCc3ccc4c(c3)OCO4)c3ccccc32)c1. The maximum absolute atomic E-state index is 5.48. The summed E-state index contributed by atoms with van der Waals surface area (Å²) < 4.78 is 13.2. The van der Waals surface area contributed by atoms with Gasteiger partial charge in [-0.2, -0.15) is 0 Å². The van der Waals surface area contributed by atoms with Crippen LogP contribution in [0, 0.1) is 6.92 Å². The number of fused-ring (bicyclic) bond motifs is 2. The van der Waals surface area contributed by atoms with Gasteiger partial charge in [-0.3, -0.25) is 0 Å². The first-order chi connectivity index (χ1) is 14.3. The zero-order chi connectivity index (χ0) is 19.6. The van der Waals surface area contributed by atoms with Crippen molar-refractivity contribution >= 4 is 10.9 Å². The highest BCUT2D eigenvalue weighted by atomic mass is 16.7. The maximum atomic E-state index is 5.48. The number of benzene rings is 3. The molecule has 1 aliphatic rings. The molecule has 29 heavy (non-hydrogen) atoms. The summed E-state index contributed by atoms with van der Waals surface area (Å²) in [4.78, 5) is 0. The zero-order valence-electron chi connectivity index (χ0n) is 16.5. The van der Waals surface area contributed by atoms with Gasteiger partial charge in [-0.05, 0) is 41.8 Å². The van der Waals surface area contributed by atoms with Crippen LogP contribution in [0.4, 0.5) is 0 Å². The van der Waals surface area contributed by atoms with Crippen molar-refractivity contribution < 1.29 is 9.47 Å². The molecule has 4 nitrogen and oxygen atoms in total. The summed E-state index contributed by atoms with van der Waals surface area (Å²) >= 11 is 0. The lowest BCUT2D eigenvalue weighted by Gasteiger charge is -2.06. The van der Waals surface area contributed by atoms with E-state index >= 15 is 0 Å². The molecule has 4 aromatic rings. The van der Waals surface area contributed by atoms with Gasteiger partial charge in [0.15, 0.2) is 11.5 Å². The molecule has 0 fully saturated rings. The predicted molar refractivity (Wildman–Crippen MR) is 115 cm³/mol. The van der Waals surface area contributed by atoms with E-state index in [4.69, 9.17) is 9.47 Å². The van der Waals surface area contributed by atoms with E-state index in [2.05, 4.69) is 83.7 Å². The molecule has 5 rings (SSSR count). The highest BCUT2D eigenvalue weighted by molar-refractivity contribution is 5.84. The molecular weight excluding hydrogens is 360 g/mol. The highest BCUT2D eigenvalue weighted by Crippen LogP contribution is 2.32. The van der Waals surface area contributed by atoms with E-state index in [0.29, 0.717) is 6.79 Å². The number of para-hydroxylation sites is 1. The largest absolute Gasteiger partial charge is 0.454 e. The number of rotatable bonds is 6. The van der Waals surface area contributed by atoms with Crippen LogP contribution in [0.2, 0.25) is 0 Å². The Morgan fingerprint density at radius 1 is 0.862 bits per heavy atom. The summed E-state index contributed by atoms with van der Waals surface area (Å²) in [5.41, 5.74) is 6.40. The van der Waals surface area contributed by atoms with Crippen molar-refractivity contribution in [2.24, 2.45) is 0 Å². The van der Waals surface area contributed by atoms with E-state index in [1.54, 1.807) is 0 Å². The monoisotopic (exact) mass is 384 g/mol. The van der Waals surface area contributed by atoms with Crippen LogP contribution in [-0.4, -0.2) is 11.4 Å². The number of aromatic nitrogens is 1. The van der Waals surface area contributed by atoms with Crippen LogP contribution >= 0.6 is 0 Å². The molecule has 0 radical (unpaired) electrons. The number of nitrogens with one attached hydrogen (secondary N) is 1. The van der Waals surface area contributed by atoms with Crippen LogP contribution in [-0.2, 0) is 19.6 Å². The van der Waals surface area contributed by atoms with Crippen molar-refractivity contribution in [2.75, 3.05) is 6.79 Å². The molecule has 0 atom stereocenters. The minimum absolute atomic E-state index is 0.312. The van der Waals surface area contributed by atoms with Gasteiger partial charge in [0.05, 0.1) is 0 Å². The second-order valence-corrected chi connectivity index (χ2v) is 7.58. The lowest BCUT2D eigenvalue weighted by Crippen LogP contribution is -2.12. The van der Waals surface area contributed by atoms with Crippen LogP contribution in [0.3, 0.4) is 0 Å². The van der Waals surface area contributed by atoms with Crippen molar-refractivity contribution in [3.05, 3.63) is 95.2 Å². The van der Waals surface area contributed by atoms with Gasteiger partial charge < -0.3 is 19.4 Å². The molecule has 0 spiro atoms. The van der Waals surface area contributed by atoms with E-state index in [0.717, 1.165) is 31.1 Å².